The summed E-state index contributed by atoms with van der Waals surface area (Å²) < 4.78 is 5.71. The molecule has 0 bridgehead atoms. The molecule has 2 heterocycles. The summed E-state index contributed by atoms with van der Waals surface area (Å²) in [5, 5.41) is 5.55. The van der Waals surface area contributed by atoms with Crippen LogP contribution in [0.3, 0.4) is 0 Å². The number of hydrogen-bond acceptors (Lipinski definition) is 4. The van der Waals surface area contributed by atoms with E-state index in [-0.39, 0.29) is 11.3 Å². The van der Waals surface area contributed by atoms with Crippen LogP contribution in [-0.4, -0.2) is 25.0 Å². The predicted octanol–water partition coefficient (Wildman–Crippen LogP) is 3.10. The van der Waals surface area contributed by atoms with Crippen LogP contribution in [-0.2, 0) is 14.3 Å². The van der Waals surface area contributed by atoms with Crippen LogP contribution in [0, 0.1) is 0 Å². The maximum absolute atomic E-state index is 12.9. The molecule has 0 aromatic heterocycles. The van der Waals surface area contributed by atoms with Crippen molar-refractivity contribution in [2.75, 3.05) is 17.3 Å². The van der Waals surface area contributed by atoms with E-state index in [9.17, 15) is 14.4 Å². The maximum Gasteiger partial charge on any atom is 0.338 e. The third-order valence-electron chi connectivity index (χ3n) is 4.43. The fourth-order valence-electron chi connectivity index (χ4n) is 3.29. The second kappa shape index (κ2) is 6.55. The first kappa shape index (κ1) is 17.3. The van der Waals surface area contributed by atoms with E-state index in [4.69, 9.17) is 4.74 Å². The molecule has 27 heavy (non-hydrogen) atoms. The third-order valence-corrected chi connectivity index (χ3v) is 4.93. The second-order valence-corrected chi connectivity index (χ2v) is 6.91. The normalized spacial score (nSPS) is 18.3. The van der Waals surface area contributed by atoms with E-state index in [0.717, 1.165) is 4.47 Å². The minimum atomic E-state index is -0.815. The number of para-hydroxylation sites is 2. The minimum Gasteiger partial charge on any atom is -0.466 e. The number of esters is 1. The average Bonchev–Trinajstić information content (AvgIpc) is 2.67. The number of carbonyl (C=O) groups is 3. The van der Waals surface area contributed by atoms with E-state index in [1.54, 1.807) is 42.5 Å². The Hall–Kier alpha value is -3.13. The highest BCUT2D eigenvalue weighted by Gasteiger charge is 2.44. The van der Waals surface area contributed by atoms with Gasteiger partial charge in [-0.1, -0.05) is 40.2 Å². The molecular formula is C19H14BrN3O4. The van der Waals surface area contributed by atoms with Gasteiger partial charge in [0.2, 0.25) is 0 Å². The van der Waals surface area contributed by atoms with Crippen LogP contribution >= 0.6 is 15.9 Å². The number of halogens is 1. The number of carbonyl (C=O) groups excluding carboxylic acids is 3. The Morgan fingerprint density at radius 3 is 2.67 bits per heavy atom. The van der Waals surface area contributed by atoms with Crippen LogP contribution < -0.4 is 15.5 Å². The van der Waals surface area contributed by atoms with Gasteiger partial charge in [0.1, 0.15) is 5.70 Å². The van der Waals surface area contributed by atoms with E-state index in [0.29, 0.717) is 16.9 Å². The van der Waals surface area contributed by atoms with Gasteiger partial charge in [0.05, 0.1) is 30.1 Å². The van der Waals surface area contributed by atoms with Crippen molar-refractivity contribution >= 4 is 45.2 Å². The summed E-state index contributed by atoms with van der Waals surface area (Å²) in [7, 11) is 1.24. The zero-order valence-corrected chi connectivity index (χ0v) is 15.7. The molecule has 7 nitrogen and oxygen atoms in total. The van der Waals surface area contributed by atoms with Crippen molar-refractivity contribution in [3.8, 4) is 0 Å². The number of rotatable bonds is 2. The first-order valence-electron chi connectivity index (χ1n) is 8.10. The molecule has 2 aliphatic rings. The number of nitrogens with one attached hydrogen (secondary N) is 2. The highest BCUT2D eigenvalue weighted by atomic mass is 79.9. The first-order chi connectivity index (χ1) is 13.0. The molecule has 2 aliphatic heterocycles. The molecule has 0 aliphatic carbocycles. The summed E-state index contributed by atoms with van der Waals surface area (Å²) in [5.74, 6) is -1.22. The molecule has 0 saturated heterocycles. The van der Waals surface area contributed by atoms with Crippen molar-refractivity contribution in [1.29, 1.82) is 0 Å². The van der Waals surface area contributed by atoms with Gasteiger partial charge >= 0.3 is 12.0 Å². The Morgan fingerprint density at radius 1 is 1.15 bits per heavy atom. The van der Waals surface area contributed by atoms with Gasteiger partial charge in [-0.3, -0.25) is 9.69 Å². The lowest BCUT2D eigenvalue weighted by Crippen LogP contribution is -2.53. The monoisotopic (exact) mass is 427 g/mol. The van der Waals surface area contributed by atoms with Crippen molar-refractivity contribution in [2.45, 2.75) is 6.04 Å². The Labute approximate surface area is 163 Å². The molecule has 0 unspecified atom stereocenters. The molecule has 1 atom stereocenters. The molecule has 2 aromatic rings. The van der Waals surface area contributed by atoms with Gasteiger partial charge < -0.3 is 15.4 Å². The molecule has 2 N–H and O–H groups in total. The molecule has 4 rings (SSSR count). The number of ether oxygens (including phenoxy) is 1. The van der Waals surface area contributed by atoms with Gasteiger partial charge in [0, 0.05) is 4.47 Å². The summed E-state index contributed by atoms with van der Waals surface area (Å²) in [6.45, 7) is 0. The Morgan fingerprint density at radius 2 is 1.93 bits per heavy atom. The van der Waals surface area contributed by atoms with Gasteiger partial charge in [-0.05, 0) is 29.8 Å². The molecule has 3 amide bonds. The lowest BCUT2D eigenvalue weighted by atomic mass is 9.93. The zero-order chi connectivity index (χ0) is 19.1. The number of benzene rings is 2. The second-order valence-electron chi connectivity index (χ2n) is 6.00. The van der Waals surface area contributed by atoms with Gasteiger partial charge in [0.15, 0.2) is 0 Å². The largest absolute Gasteiger partial charge is 0.466 e. The number of amides is 3. The lowest BCUT2D eigenvalue weighted by Gasteiger charge is -2.38. The van der Waals surface area contributed by atoms with Crippen LogP contribution in [0.4, 0.5) is 16.2 Å². The van der Waals surface area contributed by atoms with E-state index < -0.39 is 23.9 Å². The summed E-state index contributed by atoms with van der Waals surface area (Å²) in [5.41, 5.74) is 1.67. The summed E-state index contributed by atoms with van der Waals surface area (Å²) >= 11 is 3.39. The predicted molar refractivity (Wildman–Crippen MR) is 102 cm³/mol. The summed E-state index contributed by atoms with van der Waals surface area (Å²) in [4.78, 5) is 39.5. The van der Waals surface area contributed by atoms with Crippen LogP contribution in [0.1, 0.15) is 11.6 Å². The van der Waals surface area contributed by atoms with Crippen molar-refractivity contribution in [1.82, 2.24) is 5.32 Å². The number of fused-ring (bicyclic) bond motifs is 3. The first-order valence-corrected chi connectivity index (χ1v) is 8.89. The van der Waals surface area contributed by atoms with Gasteiger partial charge in [-0.2, -0.15) is 0 Å². The van der Waals surface area contributed by atoms with E-state index >= 15 is 0 Å². The van der Waals surface area contributed by atoms with Crippen LogP contribution in [0.2, 0.25) is 0 Å². The van der Waals surface area contributed by atoms with Crippen molar-refractivity contribution in [2.24, 2.45) is 0 Å². The van der Waals surface area contributed by atoms with Crippen LogP contribution in [0.15, 0.2) is 64.3 Å². The Bertz CT molecular complexity index is 1020. The SMILES string of the molecule is COC(=O)C1=C2C(=O)Nc3ccccc3N2C(=O)N[C@H]1c1cccc(Br)c1. The molecular weight excluding hydrogens is 414 g/mol. The smallest absolute Gasteiger partial charge is 0.338 e. The molecule has 0 saturated carbocycles. The molecule has 0 spiro atoms. The fraction of sp³-hybridized carbons (Fsp3) is 0.105. The number of urea groups is 1. The molecule has 2 aromatic carbocycles. The summed E-state index contributed by atoms with van der Waals surface area (Å²) in [6.07, 6.45) is 0. The topological polar surface area (TPSA) is 87.7 Å². The standard InChI is InChI=1S/C19H14BrN3O4/c1-27-18(25)14-15(10-5-4-6-11(20)9-10)22-19(26)23-13-8-3-2-7-12(13)21-17(24)16(14)23/h2-9,15H,1H3,(H,21,24)(H,22,26)/t15-/m0/s1. The van der Waals surface area contributed by atoms with Crippen molar-refractivity contribution in [3.63, 3.8) is 0 Å². The summed E-state index contributed by atoms with van der Waals surface area (Å²) in [6, 6.07) is 12.7. The highest BCUT2D eigenvalue weighted by molar-refractivity contribution is 9.10. The van der Waals surface area contributed by atoms with E-state index in [2.05, 4.69) is 26.6 Å². The average molecular weight is 428 g/mol. The minimum absolute atomic E-state index is 0.0331. The number of hydrogen-bond donors (Lipinski definition) is 2. The number of nitrogens with zero attached hydrogens (tertiary/aromatic N) is 1. The van der Waals surface area contributed by atoms with Gasteiger partial charge in [-0.15, -0.1) is 0 Å². The van der Waals surface area contributed by atoms with Crippen LogP contribution in [0.5, 0.6) is 0 Å². The third kappa shape index (κ3) is 2.78. The van der Waals surface area contributed by atoms with Gasteiger partial charge in [-0.25, -0.2) is 9.59 Å². The van der Waals surface area contributed by atoms with E-state index in [1.165, 1.54) is 12.0 Å². The maximum atomic E-state index is 12.9. The number of methoxy groups -OCH3 is 1. The molecule has 8 heteroatoms. The Kier molecular flexibility index (Phi) is 4.19. The number of anilines is 2. The van der Waals surface area contributed by atoms with Crippen molar-refractivity contribution < 1.29 is 19.1 Å². The lowest BCUT2D eigenvalue weighted by molar-refractivity contribution is -0.137. The zero-order valence-electron chi connectivity index (χ0n) is 14.2. The molecule has 0 radical (unpaired) electrons. The Balaban J connectivity index is 1.97. The van der Waals surface area contributed by atoms with Crippen molar-refractivity contribution in [3.05, 3.63) is 69.8 Å². The molecule has 136 valence electrons. The van der Waals surface area contributed by atoms with E-state index in [1.807, 2.05) is 6.07 Å². The van der Waals surface area contributed by atoms with Gasteiger partial charge in [0.25, 0.3) is 5.91 Å². The van der Waals surface area contributed by atoms with Crippen LogP contribution in [0.25, 0.3) is 0 Å². The molecule has 0 fully saturated rings. The highest BCUT2D eigenvalue weighted by Crippen LogP contribution is 2.40. The fourth-order valence-corrected chi connectivity index (χ4v) is 3.71. The quantitative estimate of drug-likeness (QED) is 0.720.